The van der Waals surface area contributed by atoms with E-state index >= 15 is 0 Å². The van der Waals surface area contributed by atoms with Crippen LogP contribution in [0.15, 0.2) is 33.0 Å². The maximum atomic E-state index is 12.0. The van der Waals surface area contributed by atoms with Crippen LogP contribution in [0, 0.1) is 10.1 Å². The number of nitrogens with one attached hydrogen (secondary N) is 1. The first-order valence-corrected chi connectivity index (χ1v) is 7.23. The molecule has 0 saturated heterocycles. The molecule has 2 heterocycles. The molecule has 10 heteroatoms. The van der Waals surface area contributed by atoms with E-state index in [1.54, 1.807) is 11.4 Å². The fraction of sp³-hybridized carbons (Fsp3) is 0.0909. The van der Waals surface area contributed by atoms with Gasteiger partial charge in [0.15, 0.2) is 0 Å². The summed E-state index contributed by atoms with van der Waals surface area (Å²) in [5.74, 6) is 4.61. The van der Waals surface area contributed by atoms with Gasteiger partial charge >= 0.3 is 11.2 Å². The fourth-order valence-electron chi connectivity index (χ4n) is 1.74. The van der Waals surface area contributed by atoms with Crippen molar-refractivity contribution in [2.24, 2.45) is 5.84 Å². The minimum Gasteiger partial charge on any atom is -0.304 e. The number of hydrazine groups is 1. The number of thiophene rings is 1. The monoisotopic (exact) mass is 372 g/mol. The molecule has 21 heavy (non-hydrogen) atoms. The quantitative estimate of drug-likeness (QED) is 0.362. The highest BCUT2D eigenvalue weighted by atomic mass is 79.9. The van der Waals surface area contributed by atoms with Gasteiger partial charge in [0.2, 0.25) is 0 Å². The molecule has 110 valence electrons. The molecule has 2 aromatic heterocycles. The second-order valence-corrected chi connectivity index (χ2v) is 5.81. The molecule has 0 radical (unpaired) electrons. The van der Waals surface area contributed by atoms with Crippen molar-refractivity contribution in [3.63, 3.8) is 0 Å². The number of aromatic nitrogens is 1. The third kappa shape index (κ3) is 3.17. The Hall–Kier alpha value is -2.04. The van der Waals surface area contributed by atoms with E-state index in [1.807, 2.05) is 5.43 Å². The molecule has 1 amide bonds. The summed E-state index contributed by atoms with van der Waals surface area (Å²) >= 11 is 4.29. The van der Waals surface area contributed by atoms with Crippen molar-refractivity contribution in [2.75, 3.05) is 0 Å². The number of carbonyl (C=O) groups is 1. The van der Waals surface area contributed by atoms with Gasteiger partial charge in [-0.25, -0.2) is 5.84 Å². The first-order valence-electron chi connectivity index (χ1n) is 5.55. The maximum Gasteiger partial charge on any atom is 0.335 e. The zero-order chi connectivity index (χ0) is 15.6. The van der Waals surface area contributed by atoms with Gasteiger partial charge in [-0.1, -0.05) is 0 Å². The van der Waals surface area contributed by atoms with Crippen LogP contribution in [0.4, 0.5) is 5.69 Å². The Morgan fingerprint density at radius 3 is 2.90 bits per heavy atom. The predicted molar refractivity (Wildman–Crippen MR) is 80.1 cm³/mol. The first-order chi connectivity index (χ1) is 9.93. The molecular formula is C11H9BrN4O4S. The van der Waals surface area contributed by atoms with Gasteiger partial charge in [-0.15, -0.1) is 11.3 Å². The Balaban J connectivity index is 2.46. The number of hydrogen-bond acceptors (Lipinski definition) is 6. The van der Waals surface area contributed by atoms with Crippen LogP contribution in [0.2, 0.25) is 0 Å². The van der Waals surface area contributed by atoms with Crippen molar-refractivity contribution in [2.45, 2.75) is 6.54 Å². The smallest absolute Gasteiger partial charge is 0.304 e. The lowest BCUT2D eigenvalue weighted by molar-refractivity contribution is -0.386. The highest BCUT2D eigenvalue weighted by Crippen LogP contribution is 2.19. The number of halogens is 1. The van der Waals surface area contributed by atoms with Crippen LogP contribution in [0.1, 0.15) is 15.2 Å². The standard InChI is InChI=1S/C11H9BrN4O4S/c12-7-3-8(16(19)20)11(18)15(5-7)4-6-1-2-21-9(6)10(17)14-13/h1-3,5H,4,13H2,(H,14,17). The van der Waals surface area contributed by atoms with E-state index in [0.717, 1.165) is 10.6 Å². The van der Waals surface area contributed by atoms with Crippen molar-refractivity contribution < 1.29 is 9.72 Å². The number of nitro groups is 1. The number of rotatable bonds is 4. The molecule has 0 aliphatic heterocycles. The zero-order valence-electron chi connectivity index (χ0n) is 10.4. The molecule has 2 aromatic rings. The molecule has 0 aliphatic carbocycles. The van der Waals surface area contributed by atoms with Gasteiger partial charge < -0.3 is 4.57 Å². The molecule has 0 saturated carbocycles. The molecule has 0 unspecified atom stereocenters. The van der Waals surface area contributed by atoms with Crippen molar-refractivity contribution in [3.8, 4) is 0 Å². The first kappa shape index (κ1) is 15.4. The van der Waals surface area contributed by atoms with Crippen LogP contribution < -0.4 is 16.8 Å². The number of hydrogen-bond donors (Lipinski definition) is 2. The van der Waals surface area contributed by atoms with Crippen molar-refractivity contribution in [3.05, 3.63) is 59.1 Å². The molecule has 0 aromatic carbocycles. The summed E-state index contributed by atoms with van der Waals surface area (Å²) < 4.78 is 1.56. The Kier molecular flexibility index (Phi) is 4.50. The summed E-state index contributed by atoms with van der Waals surface area (Å²) in [7, 11) is 0. The molecule has 3 N–H and O–H groups in total. The molecule has 0 fully saturated rings. The van der Waals surface area contributed by atoms with Gasteiger partial charge in [-0.2, -0.15) is 0 Å². The lowest BCUT2D eigenvalue weighted by Gasteiger charge is -2.07. The predicted octanol–water partition coefficient (Wildman–Crippen LogP) is 1.23. The van der Waals surface area contributed by atoms with Crippen LogP contribution in [0.5, 0.6) is 0 Å². The second-order valence-electron chi connectivity index (χ2n) is 3.98. The average molecular weight is 373 g/mol. The Labute approximate surface area is 130 Å². The third-order valence-corrected chi connectivity index (χ3v) is 4.04. The van der Waals surface area contributed by atoms with Crippen LogP contribution in [0.25, 0.3) is 0 Å². The number of nitrogen functional groups attached to an aromatic ring is 1. The SMILES string of the molecule is NNC(=O)c1sccc1Cn1cc(Br)cc([N+](=O)[O-])c1=O. The Morgan fingerprint density at radius 2 is 2.29 bits per heavy atom. The number of carbonyl (C=O) groups excluding carboxylic acids is 1. The van der Waals surface area contributed by atoms with E-state index in [0.29, 0.717) is 14.9 Å². The Bertz CT molecular complexity index is 770. The highest BCUT2D eigenvalue weighted by Gasteiger charge is 2.18. The largest absolute Gasteiger partial charge is 0.335 e. The molecule has 8 nitrogen and oxygen atoms in total. The van der Waals surface area contributed by atoms with Gasteiger partial charge in [-0.3, -0.25) is 25.1 Å². The number of nitrogens with zero attached hydrogens (tertiary/aromatic N) is 2. The minimum absolute atomic E-state index is 0.0331. The summed E-state index contributed by atoms with van der Waals surface area (Å²) in [6.45, 7) is 0.0331. The number of nitrogens with two attached hydrogens (primary N) is 1. The average Bonchev–Trinajstić information content (AvgIpc) is 2.89. The topological polar surface area (TPSA) is 120 Å². The number of amides is 1. The van der Waals surface area contributed by atoms with E-state index in [4.69, 9.17) is 5.84 Å². The molecule has 0 aliphatic rings. The summed E-state index contributed by atoms with van der Waals surface area (Å²) in [6.07, 6.45) is 1.43. The van der Waals surface area contributed by atoms with Gasteiger partial charge in [0, 0.05) is 16.7 Å². The summed E-state index contributed by atoms with van der Waals surface area (Å²) in [4.78, 5) is 34.1. The minimum atomic E-state index is -0.745. The second kappa shape index (κ2) is 6.16. The fourth-order valence-corrected chi connectivity index (χ4v) is 3.02. The summed E-state index contributed by atoms with van der Waals surface area (Å²) in [6, 6.07) is 2.80. The number of pyridine rings is 1. The Morgan fingerprint density at radius 1 is 1.57 bits per heavy atom. The molecule has 0 bridgehead atoms. The molecular weight excluding hydrogens is 364 g/mol. The van der Waals surface area contributed by atoms with E-state index in [1.165, 1.54) is 17.5 Å². The van der Waals surface area contributed by atoms with Gasteiger partial charge in [0.1, 0.15) is 0 Å². The third-order valence-electron chi connectivity index (χ3n) is 2.66. The highest BCUT2D eigenvalue weighted by molar-refractivity contribution is 9.10. The van der Waals surface area contributed by atoms with Gasteiger partial charge in [0.05, 0.1) is 16.3 Å². The van der Waals surface area contributed by atoms with E-state index < -0.39 is 22.1 Å². The van der Waals surface area contributed by atoms with E-state index in [2.05, 4.69) is 15.9 Å². The molecule has 0 atom stereocenters. The lowest BCUT2D eigenvalue weighted by Crippen LogP contribution is -2.30. The van der Waals surface area contributed by atoms with Crippen LogP contribution in [0.3, 0.4) is 0 Å². The normalized spacial score (nSPS) is 10.4. The van der Waals surface area contributed by atoms with Crippen LogP contribution in [-0.4, -0.2) is 15.4 Å². The van der Waals surface area contributed by atoms with Gasteiger partial charge in [0.25, 0.3) is 5.91 Å². The molecule has 0 spiro atoms. The van der Waals surface area contributed by atoms with E-state index in [9.17, 15) is 19.7 Å². The zero-order valence-corrected chi connectivity index (χ0v) is 12.8. The van der Waals surface area contributed by atoms with Crippen LogP contribution >= 0.6 is 27.3 Å². The van der Waals surface area contributed by atoms with Crippen molar-refractivity contribution >= 4 is 38.9 Å². The van der Waals surface area contributed by atoms with Crippen LogP contribution in [-0.2, 0) is 6.54 Å². The summed E-state index contributed by atoms with van der Waals surface area (Å²) in [5, 5.41) is 12.5. The summed E-state index contributed by atoms with van der Waals surface area (Å²) in [5.41, 5.74) is 1.29. The van der Waals surface area contributed by atoms with Gasteiger partial charge in [-0.05, 0) is 32.9 Å². The molecule has 2 rings (SSSR count). The van der Waals surface area contributed by atoms with Crippen molar-refractivity contribution in [1.82, 2.24) is 9.99 Å². The lowest BCUT2D eigenvalue weighted by atomic mass is 10.2. The van der Waals surface area contributed by atoms with E-state index in [-0.39, 0.29) is 6.54 Å². The van der Waals surface area contributed by atoms with Crippen molar-refractivity contribution in [1.29, 1.82) is 0 Å². The maximum absolute atomic E-state index is 12.0.